The maximum Gasteiger partial charge on any atom is 0.238 e. The van der Waals surface area contributed by atoms with Crippen molar-refractivity contribution in [2.45, 2.75) is 48.8 Å². The summed E-state index contributed by atoms with van der Waals surface area (Å²) in [4.78, 5) is 1.44. The Balaban J connectivity index is 1.46. The van der Waals surface area contributed by atoms with Crippen LogP contribution in [-0.2, 0) is 26.0 Å². The van der Waals surface area contributed by atoms with Crippen LogP contribution in [0.3, 0.4) is 0 Å². The first-order valence-corrected chi connectivity index (χ1v) is 12.8. The Morgan fingerprint density at radius 1 is 1.12 bits per heavy atom. The summed E-state index contributed by atoms with van der Waals surface area (Å²) >= 11 is 0. The first-order chi connectivity index (χ1) is 16.4. The summed E-state index contributed by atoms with van der Waals surface area (Å²) in [5.41, 5.74) is 2.22. The van der Waals surface area contributed by atoms with Gasteiger partial charge in [0.05, 0.1) is 31.8 Å². The van der Waals surface area contributed by atoms with Gasteiger partial charge in [-0.05, 0) is 53.3 Å². The number of nitrogens with zero attached hydrogens (tertiary/aromatic N) is 4. The third-order valence-corrected chi connectivity index (χ3v) is 7.48. The van der Waals surface area contributed by atoms with Gasteiger partial charge in [-0.1, -0.05) is 24.3 Å². The summed E-state index contributed by atoms with van der Waals surface area (Å²) < 4.78 is 41.8. The highest BCUT2D eigenvalue weighted by Gasteiger charge is 2.41. The van der Waals surface area contributed by atoms with E-state index in [2.05, 4.69) is 15.4 Å². The van der Waals surface area contributed by atoms with E-state index in [4.69, 9.17) is 19.3 Å². The highest BCUT2D eigenvalue weighted by atomic mass is 32.2. The van der Waals surface area contributed by atoms with Crippen molar-refractivity contribution >= 4 is 10.0 Å². The number of aromatic nitrogens is 4. The quantitative estimate of drug-likeness (QED) is 0.563. The lowest BCUT2D eigenvalue weighted by Gasteiger charge is -2.36. The van der Waals surface area contributed by atoms with Crippen LogP contribution in [-0.4, -0.2) is 54.7 Å². The molecule has 2 heterocycles. The summed E-state index contributed by atoms with van der Waals surface area (Å²) in [7, 11) is -2.39. The Labute approximate surface area is 198 Å². The summed E-state index contributed by atoms with van der Waals surface area (Å²) in [5, 5.41) is 18.5. The molecule has 0 unspecified atom stereocenters. The van der Waals surface area contributed by atoms with Crippen molar-refractivity contribution in [2.24, 2.45) is 5.14 Å². The van der Waals surface area contributed by atoms with Crippen molar-refractivity contribution in [3.63, 3.8) is 0 Å². The fourth-order valence-electron chi connectivity index (χ4n) is 4.82. The van der Waals surface area contributed by atoms with Gasteiger partial charge in [-0.3, -0.25) is 0 Å². The number of ether oxygens (including phenoxy) is 3. The second-order valence-electron chi connectivity index (χ2n) is 8.64. The zero-order valence-corrected chi connectivity index (χ0v) is 19.7. The summed E-state index contributed by atoms with van der Waals surface area (Å²) in [5.74, 6) is 0.587. The summed E-state index contributed by atoms with van der Waals surface area (Å²) in [6.07, 6.45) is 3.07. The molecule has 2 aromatic carbocycles. The van der Waals surface area contributed by atoms with Gasteiger partial charge in [-0.2, -0.15) is 4.80 Å². The second-order valence-corrected chi connectivity index (χ2v) is 10.2. The Hall–Kier alpha value is -2.86. The lowest BCUT2D eigenvalue weighted by molar-refractivity contribution is -0.178. The van der Waals surface area contributed by atoms with Gasteiger partial charge >= 0.3 is 0 Å². The molecule has 0 radical (unpaired) electrons. The Morgan fingerprint density at radius 3 is 2.47 bits per heavy atom. The second kappa shape index (κ2) is 9.06. The van der Waals surface area contributed by atoms with Crippen molar-refractivity contribution in [3.05, 3.63) is 53.6 Å². The summed E-state index contributed by atoms with van der Waals surface area (Å²) in [6, 6.07) is 12.7. The molecule has 1 aliphatic carbocycles. The van der Waals surface area contributed by atoms with Crippen LogP contribution in [0.5, 0.6) is 5.75 Å². The van der Waals surface area contributed by atoms with E-state index in [-0.39, 0.29) is 16.6 Å². The molecule has 1 saturated heterocycles. The lowest BCUT2D eigenvalue weighted by Crippen LogP contribution is -2.34. The highest BCUT2D eigenvalue weighted by molar-refractivity contribution is 7.89. The van der Waals surface area contributed by atoms with Gasteiger partial charge in [0, 0.05) is 18.4 Å². The zero-order chi connectivity index (χ0) is 23.8. The monoisotopic (exact) mass is 485 g/mol. The SMILES string of the molecule is COc1ccc(Cn2nnc(-c3c(C4CCC5(CC4)OCCO5)cccc3S(N)(=O)=O)n2)cc1. The molecule has 0 amide bonds. The average Bonchev–Trinajstić information content (AvgIpc) is 3.49. The number of primary sulfonamides is 1. The van der Waals surface area contributed by atoms with E-state index in [0.29, 0.717) is 25.3 Å². The first-order valence-electron chi connectivity index (χ1n) is 11.2. The fourth-order valence-corrected chi connectivity index (χ4v) is 5.59. The predicted molar refractivity (Wildman–Crippen MR) is 123 cm³/mol. The van der Waals surface area contributed by atoms with Crippen molar-refractivity contribution in [3.8, 4) is 17.1 Å². The minimum Gasteiger partial charge on any atom is -0.497 e. The molecule has 180 valence electrons. The first kappa shape index (κ1) is 22.9. The van der Waals surface area contributed by atoms with Gasteiger partial charge in [-0.25, -0.2) is 13.6 Å². The molecule has 1 aromatic heterocycles. The van der Waals surface area contributed by atoms with E-state index in [0.717, 1.165) is 42.6 Å². The highest BCUT2D eigenvalue weighted by Crippen LogP contribution is 2.45. The molecule has 10 nitrogen and oxygen atoms in total. The van der Waals surface area contributed by atoms with Crippen LogP contribution in [0.1, 0.15) is 42.7 Å². The van der Waals surface area contributed by atoms with Gasteiger partial charge in [0.25, 0.3) is 0 Å². The Morgan fingerprint density at radius 2 is 1.82 bits per heavy atom. The maximum atomic E-state index is 12.5. The smallest absolute Gasteiger partial charge is 0.238 e. The predicted octanol–water partition coefficient (Wildman–Crippen LogP) is 2.45. The number of nitrogens with two attached hydrogens (primary N) is 1. The zero-order valence-electron chi connectivity index (χ0n) is 18.9. The number of hydrogen-bond acceptors (Lipinski definition) is 8. The van der Waals surface area contributed by atoms with Gasteiger partial charge in [0.1, 0.15) is 5.75 Å². The third kappa shape index (κ3) is 4.56. The van der Waals surface area contributed by atoms with Gasteiger partial charge in [-0.15, -0.1) is 10.2 Å². The van der Waals surface area contributed by atoms with Gasteiger partial charge in [0.2, 0.25) is 15.8 Å². The van der Waals surface area contributed by atoms with Crippen molar-refractivity contribution in [1.82, 2.24) is 20.2 Å². The third-order valence-electron chi connectivity index (χ3n) is 6.53. The number of benzene rings is 2. The largest absolute Gasteiger partial charge is 0.497 e. The van der Waals surface area contributed by atoms with Crippen molar-refractivity contribution in [1.29, 1.82) is 0 Å². The molecule has 2 aliphatic rings. The molecular formula is C23H27N5O5S. The normalized spacial score (nSPS) is 18.4. The molecule has 5 rings (SSSR count). The molecule has 1 aliphatic heterocycles. The number of rotatable bonds is 6. The standard InChI is InChI=1S/C23H27N5O5S/c1-31-18-7-5-16(6-8-18)15-28-26-22(25-27-28)21-19(3-2-4-20(21)34(24,29)30)17-9-11-23(12-10-17)32-13-14-33-23/h2-8,17H,9-15H2,1H3,(H2,24,29,30). The average molecular weight is 486 g/mol. The molecule has 11 heteroatoms. The van der Waals surface area contributed by atoms with Crippen LogP contribution in [0.2, 0.25) is 0 Å². The van der Waals surface area contributed by atoms with Crippen molar-refractivity contribution in [2.75, 3.05) is 20.3 Å². The Kier molecular flexibility index (Phi) is 6.11. The van der Waals surface area contributed by atoms with Crippen LogP contribution in [0.15, 0.2) is 47.4 Å². The summed E-state index contributed by atoms with van der Waals surface area (Å²) in [6.45, 7) is 1.60. The molecular weight excluding hydrogens is 458 g/mol. The van der Waals surface area contributed by atoms with Crippen LogP contribution in [0.25, 0.3) is 11.4 Å². The molecule has 0 atom stereocenters. The van der Waals surface area contributed by atoms with Crippen molar-refractivity contribution < 1.29 is 22.6 Å². The lowest BCUT2D eigenvalue weighted by atomic mass is 9.79. The van der Waals surface area contributed by atoms with E-state index >= 15 is 0 Å². The number of sulfonamides is 1. The van der Waals surface area contributed by atoms with Crippen LogP contribution in [0, 0.1) is 0 Å². The van der Waals surface area contributed by atoms with Crippen LogP contribution in [0.4, 0.5) is 0 Å². The molecule has 34 heavy (non-hydrogen) atoms. The molecule has 0 bridgehead atoms. The van der Waals surface area contributed by atoms with E-state index in [1.807, 2.05) is 30.3 Å². The van der Waals surface area contributed by atoms with Gasteiger partial charge < -0.3 is 14.2 Å². The molecule has 2 N–H and O–H groups in total. The van der Waals surface area contributed by atoms with Crippen LogP contribution >= 0.6 is 0 Å². The van der Waals surface area contributed by atoms with E-state index in [9.17, 15) is 8.42 Å². The van der Waals surface area contributed by atoms with Crippen LogP contribution < -0.4 is 9.88 Å². The van der Waals surface area contributed by atoms with E-state index in [1.165, 1.54) is 10.9 Å². The molecule has 2 fully saturated rings. The number of hydrogen-bond donors (Lipinski definition) is 1. The number of tetrazole rings is 1. The van der Waals surface area contributed by atoms with E-state index < -0.39 is 15.8 Å². The molecule has 3 aromatic rings. The minimum atomic E-state index is -4.00. The van der Waals surface area contributed by atoms with E-state index in [1.54, 1.807) is 13.2 Å². The molecule has 1 spiro atoms. The number of methoxy groups -OCH3 is 1. The molecule has 1 saturated carbocycles. The minimum absolute atomic E-state index is 0.00245. The topological polar surface area (TPSA) is 131 Å². The fraction of sp³-hybridized carbons (Fsp3) is 0.435. The Bertz CT molecular complexity index is 1260. The maximum absolute atomic E-state index is 12.5. The van der Waals surface area contributed by atoms with Gasteiger partial charge in [0.15, 0.2) is 5.79 Å².